The second-order valence-electron chi connectivity index (χ2n) is 18.7. The lowest BCUT2D eigenvalue weighted by molar-refractivity contribution is 0.0499. The number of nitrogens with zero attached hydrogens (tertiary/aromatic N) is 1. The van der Waals surface area contributed by atoms with Crippen LogP contribution in [0.3, 0.4) is 0 Å². The summed E-state index contributed by atoms with van der Waals surface area (Å²) >= 11 is 0. The maximum atomic E-state index is 15.6. The number of carbonyl (C=O) groups is 6. The second-order valence-corrected chi connectivity index (χ2v) is 18.7. The van der Waals surface area contributed by atoms with Gasteiger partial charge in [-0.15, -0.1) is 0 Å². The molecule has 0 unspecified atom stereocenters. The standard InChI is InChI=1S/C60H55NO12/c1-9-11-28-70-59(66)43-27-25-41-50-46(72-36-20-16-34(17-21-36)57(64)68-7)30-44-48-42(55(62)61(56(44)63)54-38(32(3)4)14-13-15-39(54)33(5)6)26-24-40(52(48)50)51-47(73-37-22-18-35(19-23-37)58(65)69-8)31-45(49(43)53(41)51)60(67)71-29-12-10-2/h13-27,30-33H,9-12,28-29H2,1-8H3. The number of benzene rings is 8. The van der Waals surface area contributed by atoms with Gasteiger partial charge in [-0.2, -0.15) is 0 Å². The molecule has 0 N–H and O–H groups in total. The Morgan fingerprint density at radius 1 is 0.493 bits per heavy atom. The zero-order valence-electron chi connectivity index (χ0n) is 42.1. The zero-order chi connectivity index (χ0) is 51.8. The fourth-order valence-electron chi connectivity index (χ4n) is 9.76. The molecule has 372 valence electrons. The van der Waals surface area contributed by atoms with Gasteiger partial charge in [0.25, 0.3) is 11.8 Å². The first-order valence-corrected chi connectivity index (χ1v) is 24.6. The Morgan fingerprint density at radius 3 is 1.45 bits per heavy atom. The molecule has 9 rings (SSSR count). The van der Waals surface area contributed by atoms with Crippen LogP contribution in [0.5, 0.6) is 23.0 Å². The van der Waals surface area contributed by atoms with Crippen LogP contribution in [0.2, 0.25) is 0 Å². The number of methoxy groups -OCH3 is 2. The summed E-state index contributed by atoms with van der Waals surface area (Å²) in [7, 11) is 2.58. The highest BCUT2D eigenvalue weighted by Gasteiger charge is 2.40. The number of hydrogen-bond acceptors (Lipinski definition) is 12. The molecule has 2 amide bonds. The normalized spacial score (nSPS) is 12.4. The number of para-hydroxylation sites is 1. The number of imide groups is 1. The average Bonchev–Trinajstić information content (AvgIpc) is 3.39. The SMILES string of the molecule is CCCCOC(=O)c1ccc2c3c(Oc4ccc(C(=O)OC)cc4)cc4c5c(ccc(c6c(Oc7ccc(C(=O)OC)cc7)cc(C(=O)OCCCC)c1c26)c53)C(=O)N(c1c(C(C)C)cccc1C(C)C)C4=O. The molecule has 0 saturated heterocycles. The molecule has 0 bridgehead atoms. The summed E-state index contributed by atoms with van der Waals surface area (Å²) in [5.74, 6) is -2.63. The van der Waals surface area contributed by atoms with Gasteiger partial charge in [0.2, 0.25) is 0 Å². The van der Waals surface area contributed by atoms with Crippen molar-refractivity contribution in [2.24, 2.45) is 0 Å². The van der Waals surface area contributed by atoms with Crippen molar-refractivity contribution in [1.29, 1.82) is 0 Å². The van der Waals surface area contributed by atoms with E-state index in [1.165, 1.54) is 19.1 Å². The number of carbonyl (C=O) groups excluding carboxylic acids is 6. The number of anilines is 1. The summed E-state index contributed by atoms with van der Waals surface area (Å²) in [6, 6.07) is 28.5. The lowest BCUT2D eigenvalue weighted by atomic mass is 9.82. The molecule has 0 radical (unpaired) electrons. The third-order valence-corrected chi connectivity index (χ3v) is 13.4. The Kier molecular flexibility index (Phi) is 13.9. The molecule has 0 spiro atoms. The molecule has 1 aliphatic rings. The molecule has 13 nitrogen and oxygen atoms in total. The van der Waals surface area contributed by atoms with Crippen molar-refractivity contribution < 1.29 is 57.2 Å². The highest BCUT2D eigenvalue weighted by atomic mass is 16.5. The van der Waals surface area contributed by atoms with Crippen molar-refractivity contribution in [3.63, 3.8) is 0 Å². The van der Waals surface area contributed by atoms with Crippen LogP contribution in [0.25, 0.3) is 43.1 Å². The first kappa shape index (κ1) is 49.7. The average molecular weight is 982 g/mol. The highest BCUT2D eigenvalue weighted by Crippen LogP contribution is 2.53. The monoisotopic (exact) mass is 981 g/mol. The Balaban J connectivity index is 1.42. The largest absolute Gasteiger partial charge is 0.465 e. The number of unbranched alkanes of at least 4 members (excludes halogenated alkanes) is 2. The predicted octanol–water partition coefficient (Wildman–Crippen LogP) is 13.9. The molecule has 13 heteroatoms. The Bertz CT molecular complexity index is 3490. The van der Waals surface area contributed by atoms with E-state index >= 15 is 9.59 Å². The van der Waals surface area contributed by atoms with Gasteiger partial charge in [-0.05, 0) is 119 Å². The molecule has 8 aromatic carbocycles. The Labute approximate surface area is 422 Å². The van der Waals surface area contributed by atoms with E-state index in [4.69, 9.17) is 28.4 Å². The van der Waals surface area contributed by atoms with E-state index in [1.807, 2.05) is 59.7 Å². The van der Waals surface area contributed by atoms with Crippen LogP contribution in [0.1, 0.15) is 152 Å². The van der Waals surface area contributed by atoms with E-state index in [2.05, 4.69) is 0 Å². The third-order valence-electron chi connectivity index (χ3n) is 13.4. The molecule has 73 heavy (non-hydrogen) atoms. The topological polar surface area (TPSA) is 161 Å². The minimum absolute atomic E-state index is 0.0287. The van der Waals surface area contributed by atoms with Crippen LogP contribution in [0.15, 0.2) is 103 Å². The fourth-order valence-corrected chi connectivity index (χ4v) is 9.76. The van der Waals surface area contributed by atoms with Gasteiger partial charge in [-0.1, -0.05) is 84.7 Å². The van der Waals surface area contributed by atoms with E-state index in [1.54, 1.807) is 84.9 Å². The first-order valence-electron chi connectivity index (χ1n) is 24.6. The van der Waals surface area contributed by atoms with E-state index in [0.29, 0.717) is 67.7 Å². The van der Waals surface area contributed by atoms with Crippen molar-refractivity contribution in [2.75, 3.05) is 32.3 Å². The number of fused-ring (bicyclic) bond motifs is 2. The number of amides is 2. The highest BCUT2D eigenvalue weighted by molar-refractivity contribution is 6.44. The predicted molar refractivity (Wildman–Crippen MR) is 280 cm³/mol. The van der Waals surface area contributed by atoms with E-state index in [0.717, 1.165) is 24.0 Å². The quantitative estimate of drug-likeness (QED) is 0.0212. The van der Waals surface area contributed by atoms with E-state index in [-0.39, 0.29) is 75.3 Å². The van der Waals surface area contributed by atoms with Gasteiger partial charge in [-0.3, -0.25) is 9.59 Å². The van der Waals surface area contributed by atoms with Crippen molar-refractivity contribution in [1.82, 2.24) is 0 Å². The molecule has 0 saturated carbocycles. The summed E-state index contributed by atoms with van der Waals surface area (Å²) in [5.41, 5.74) is 3.36. The summed E-state index contributed by atoms with van der Waals surface area (Å²) in [6.07, 6.45) is 2.74. The maximum absolute atomic E-state index is 15.6. The second kappa shape index (κ2) is 20.4. The lowest BCUT2D eigenvalue weighted by Gasteiger charge is -2.33. The van der Waals surface area contributed by atoms with Gasteiger partial charge in [0.1, 0.15) is 23.0 Å². The molecule has 1 heterocycles. The number of rotatable bonds is 17. The fraction of sp³-hybridized carbons (Fsp3) is 0.267. The summed E-state index contributed by atoms with van der Waals surface area (Å²) < 4.78 is 35.3. The minimum atomic E-state index is -0.706. The van der Waals surface area contributed by atoms with Crippen molar-refractivity contribution >= 4 is 84.5 Å². The molecule has 0 atom stereocenters. The lowest BCUT2D eigenvalue weighted by Crippen LogP contribution is -2.41. The van der Waals surface area contributed by atoms with Gasteiger partial charge in [0, 0.05) is 37.9 Å². The van der Waals surface area contributed by atoms with Crippen molar-refractivity contribution in [3.8, 4) is 23.0 Å². The van der Waals surface area contributed by atoms with Crippen LogP contribution >= 0.6 is 0 Å². The number of esters is 4. The van der Waals surface area contributed by atoms with Gasteiger partial charge >= 0.3 is 23.9 Å². The third kappa shape index (κ3) is 8.83. The zero-order valence-corrected chi connectivity index (χ0v) is 42.1. The molecular formula is C60H55NO12. The van der Waals surface area contributed by atoms with Gasteiger partial charge in [0.05, 0.1) is 60.9 Å². The van der Waals surface area contributed by atoms with Gasteiger partial charge in [-0.25, -0.2) is 24.1 Å². The van der Waals surface area contributed by atoms with Crippen LogP contribution in [0, 0.1) is 0 Å². The molecule has 0 aliphatic carbocycles. The minimum Gasteiger partial charge on any atom is -0.465 e. The Morgan fingerprint density at radius 2 is 0.959 bits per heavy atom. The van der Waals surface area contributed by atoms with Crippen LogP contribution < -0.4 is 14.4 Å². The summed E-state index contributed by atoms with van der Waals surface area (Å²) in [5, 5.41) is 3.39. The number of hydrogen-bond donors (Lipinski definition) is 0. The first-order chi connectivity index (χ1) is 35.2. The van der Waals surface area contributed by atoms with Gasteiger partial charge < -0.3 is 28.4 Å². The van der Waals surface area contributed by atoms with Gasteiger partial charge in [0.15, 0.2) is 0 Å². The van der Waals surface area contributed by atoms with Crippen molar-refractivity contribution in [3.05, 3.63) is 148 Å². The molecule has 1 aliphatic heterocycles. The molecular weight excluding hydrogens is 927 g/mol. The van der Waals surface area contributed by atoms with E-state index in [9.17, 15) is 19.2 Å². The maximum Gasteiger partial charge on any atom is 0.338 e. The van der Waals surface area contributed by atoms with Crippen LogP contribution in [0.4, 0.5) is 5.69 Å². The van der Waals surface area contributed by atoms with Crippen LogP contribution in [-0.4, -0.2) is 63.1 Å². The molecule has 0 fully saturated rings. The van der Waals surface area contributed by atoms with Crippen molar-refractivity contribution in [2.45, 2.75) is 79.1 Å². The summed E-state index contributed by atoms with van der Waals surface area (Å²) in [6.45, 7) is 12.3. The van der Waals surface area contributed by atoms with E-state index < -0.39 is 35.7 Å². The summed E-state index contributed by atoms with van der Waals surface area (Å²) in [4.78, 5) is 86.1. The smallest absolute Gasteiger partial charge is 0.338 e. The number of ether oxygens (including phenoxy) is 6. The molecule has 8 aromatic rings. The van der Waals surface area contributed by atoms with Crippen LogP contribution in [-0.2, 0) is 18.9 Å². The Hall–Kier alpha value is -8.32. The molecule has 0 aromatic heterocycles.